The predicted molar refractivity (Wildman–Crippen MR) is 129 cm³/mol. The maximum absolute atomic E-state index is 13.3. The minimum atomic E-state index is -4.03. The lowest BCUT2D eigenvalue weighted by Gasteiger charge is -2.19. The van der Waals surface area contributed by atoms with Crippen LogP contribution in [0.5, 0.6) is 0 Å². The second-order valence-electron chi connectivity index (χ2n) is 7.54. The van der Waals surface area contributed by atoms with Gasteiger partial charge in [0.15, 0.2) is 0 Å². The molecule has 3 aromatic carbocycles. The molecule has 0 spiro atoms. The Kier molecular flexibility index (Phi) is 7.03. The van der Waals surface area contributed by atoms with E-state index in [0.29, 0.717) is 15.9 Å². The van der Waals surface area contributed by atoms with Crippen LogP contribution in [0.2, 0.25) is 5.02 Å². The van der Waals surface area contributed by atoms with Gasteiger partial charge >= 0.3 is 0 Å². The summed E-state index contributed by atoms with van der Waals surface area (Å²) in [6, 6.07) is 23.8. The Morgan fingerprint density at radius 2 is 1.61 bits per heavy atom. The number of rotatable bonds is 8. The van der Waals surface area contributed by atoms with Gasteiger partial charge in [-0.25, -0.2) is 8.42 Å². The highest BCUT2D eigenvalue weighted by Gasteiger charge is 2.27. The van der Waals surface area contributed by atoms with Gasteiger partial charge in [-0.15, -0.1) is 0 Å². The van der Waals surface area contributed by atoms with Crippen molar-refractivity contribution in [2.75, 3.05) is 0 Å². The number of fused-ring (bicyclic) bond motifs is 1. The van der Waals surface area contributed by atoms with E-state index in [0.717, 1.165) is 11.1 Å². The number of carbonyl (C=O) groups is 1. The fourth-order valence-electron chi connectivity index (χ4n) is 3.50. The van der Waals surface area contributed by atoms with E-state index >= 15 is 0 Å². The predicted octanol–water partition coefficient (Wildman–Crippen LogP) is 4.09. The highest BCUT2D eigenvalue weighted by atomic mass is 35.5. The molecule has 6 nitrogen and oxygen atoms in total. The summed E-state index contributed by atoms with van der Waals surface area (Å²) in [6.07, 6.45) is 1.74. The van der Waals surface area contributed by atoms with Crippen LogP contribution in [0.25, 0.3) is 10.9 Å². The number of sulfonamides is 1. The first-order chi connectivity index (χ1) is 15.9. The molecule has 4 aromatic rings. The van der Waals surface area contributed by atoms with Crippen LogP contribution >= 0.6 is 11.6 Å². The molecule has 0 aliphatic rings. The number of benzene rings is 3. The van der Waals surface area contributed by atoms with Gasteiger partial charge in [0.2, 0.25) is 15.9 Å². The number of aromatic nitrogens is 1. The number of nitrogens with one attached hydrogen (secondary N) is 2. The lowest BCUT2D eigenvalue weighted by Crippen LogP contribution is -2.47. The number of hydrogen-bond donors (Lipinski definition) is 2. The lowest BCUT2D eigenvalue weighted by atomic mass is 10.1. The van der Waals surface area contributed by atoms with Gasteiger partial charge in [-0.2, -0.15) is 4.72 Å². The third-order valence-corrected chi connectivity index (χ3v) is 6.92. The minimum Gasteiger partial charge on any atom is -0.351 e. The topological polar surface area (TPSA) is 88.2 Å². The van der Waals surface area contributed by atoms with Crippen molar-refractivity contribution in [3.05, 3.63) is 107 Å². The van der Waals surface area contributed by atoms with Gasteiger partial charge in [-0.05, 0) is 41.8 Å². The van der Waals surface area contributed by atoms with Crippen LogP contribution in [0, 0.1) is 0 Å². The molecule has 1 aromatic heterocycles. The molecule has 0 unspecified atom stereocenters. The van der Waals surface area contributed by atoms with E-state index in [9.17, 15) is 13.2 Å². The minimum absolute atomic E-state index is 0.0316. The number of halogens is 1. The SMILES string of the molecule is O=C(NCc1ccc(Cl)cc1)[C@H](Cc1ccccc1)NS(=O)(=O)c1cccc2cccnc12. The summed E-state index contributed by atoms with van der Waals surface area (Å²) in [5.74, 6) is -0.425. The van der Waals surface area contributed by atoms with E-state index < -0.39 is 22.0 Å². The largest absolute Gasteiger partial charge is 0.351 e. The molecule has 168 valence electrons. The van der Waals surface area contributed by atoms with Crippen LogP contribution in [-0.2, 0) is 27.8 Å². The molecule has 0 radical (unpaired) electrons. The zero-order valence-electron chi connectivity index (χ0n) is 17.6. The van der Waals surface area contributed by atoms with E-state index in [4.69, 9.17) is 11.6 Å². The molecule has 33 heavy (non-hydrogen) atoms. The summed E-state index contributed by atoms with van der Waals surface area (Å²) < 4.78 is 29.2. The molecule has 2 N–H and O–H groups in total. The first kappa shape index (κ1) is 22.9. The molecule has 0 aliphatic heterocycles. The summed E-state index contributed by atoms with van der Waals surface area (Å²) in [4.78, 5) is 17.3. The maximum Gasteiger partial charge on any atom is 0.243 e. The average Bonchev–Trinajstić information content (AvgIpc) is 2.83. The van der Waals surface area contributed by atoms with Crippen molar-refractivity contribution in [3.63, 3.8) is 0 Å². The van der Waals surface area contributed by atoms with E-state index in [2.05, 4.69) is 15.0 Å². The van der Waals surface area contributed by atoms with Crippen molar-refractivity contribution in [3.8, 4) is 0 Å². The molecule has 1 atom stereocenters. The third-order valence-electron chi connectivity index (χ3n) is 5.16. The molecular weight excluding hydrogens is 458 g/mol. The smallest absolute Gasteiger partial charge is 0.243 e. The summed E-state index contributed by atoms with van der Waals surface area (Å²) in [5.41, 5.74) is 2.04. The number of carbonyl (C=O) groups excluding carboxylic acids is 1. The molecule has 0 saturated heterocycles. The molecular formula is C25H22ClN3O3S. The van der Waals surface area contributed by atoms with Crippen LogP contribution in [-0.4, -0.2) is 25.4 Å². The fraction of sp³-hybridized carbons (Fsp3) is 0.120. The molecule has 8 heteroatoms. The molecule has 0 fully saturated rings. The van der Waals surface area contributed by atoms with E-state index in [1.54, 1.807) is 54.7 Å². The summed E-state index contributed by atoms with van der Waals surface area (Å²) >= 11 is 5.92. The lowest BCUT2D eigenvalue weighted by molar-refractivity contribution is -0.122. The summed E-state index contributed by atoms with van der Waals surface area (Å²) in [6.45, 7) is 0.249. The number of para-hydroxylation sites is 1. The van der Waals surface area contributed by atoms with E-state index in [1.165, 1.54) is 6.07 Å². The molecule has 0 saturated carbocycles. The van der Waals surface area contributed by atoms with Crippen LogP contribution in [0.3, 0.4) is 0 Å². The van der Waals surface area contributed by atoms with Crippen molar-refractivity contribution in [1.82, 2.24) is 15.0 Å². The van der Waals surface area contributed by atoms with Crippen LogP contribution in [0.1, 0.15) is 11.1 Å². The molecule has 1 amide bonds. The fourth-order valence-corrected chi connectivity index (χ4v) is 5.00. The van der Waals surface area contributed by atoms with Crippen molar-refractivity contribution >= 4 is 38.4 Å². The van der Waals surface area contributed by atoms with Crippen LogP contribution < -0.4 is 10.0 Å². The average molecular weight is 480 g/mol. The highest BCUT2D eigenvalue weighted by Crippen LogP contribution is 2.21. The Morgan fingerprint density at radius 3 is 2.36 bits per heavy atom. The Hall–Kier alpha value is -3.26. The molecule has 0 aliphatic carbocycles. The van der Waals surface area contributed by atoms with Crippen molar-refractivity contribution in [2.24, 2.45) is 0 Å². The van der Waals surface area contributed by atoms with Crippen molar-refractivity contribution in [1.29, 1.82) is 0 Å². The molecule has 0 bridgehead atoms. The normalized spacial score (nSPS) is 12.4. The number of nitrogens with zero attached hydrogens (tertiary/aromatic N) is 1. The first-order valence-corrected chi connectivity index (χ1v) is 12.2. The Bertz CT molecular complexity index is 1360. The van der Waals surface area contributed by atoms with Gasteiger partial charge in [0.1, 0.15) is 10.9 Å². The van der Waals surface area contributed by atoms with Gasteiger partial charge in [0, 0.05) is 23.2 Å². The quantitative estimate of drug-likeness (QED) is 0.398. The Morgan fingerprint density at radius 1 is 0.879 bits per heavy atom. The summed E-state index contributed by atoms with van der Waals surface area (Å²) in [7, 11) is -4.03. The second-order valence-corrected chi connectivity index (χ2v) is 9.66. The van der Waals surface area contributed by atoms with Crippen molar-refractivity contribution in [2.45, 2.75) is 23.9 Å². The number of amides is 1. The summed E-state index contributed by atoms with van der Waals surface area (Å²) in [5, 5.41) is 4.13. The maximum atomic E-state index is 13.3. The molecule has 4 rings (SSSR count). The standard InChI is InChI=1S/C25H22ClN3O3S/c26-21-13-11-19(12-14-21)17-28-25(30)22(16-18-6-2-1-3-7-18)29-33(31,32)23-10-4-8-20-9-5-15-27-24(20)23/h1-15,22,29H,16-17H2,(H,28,30)/t22-/m0/s1. The van der Waals surface area contributed by atoms with Gasteiger partial charge in [0.05, 0.1) is 5.52 Å². The number of pyridine rings is 1. The van der Waals surface area contributed by atoms with Gasteiger partial charge in [0.25, 0.3) is 0 Å². The second kappa shape index (κ2) is 10.1. The first-order valence-electron chi connectivity index (χ1n) is 10.3. The number of hydrogen-bond acceptors (Lipinski definition) is 4. The zero-order chi connectivity index (χ0) is 23.3. The molecule has 1 heterocycles. The Labute approximate surface area is 197 Å². The van der Waals surface area contributed by atoms with Gasteiger partial charge < -0.3 is 5.32 Å². The van der Waals surface area contributed by atoms with Gasteiger partial charge in [-0.1, -0.05) is 72.3 Å². The van der Waals surface area contributed by atoms with Crippen LogP contribution in [0.15, 0.2) is 96.0 Å². The highest BCUT2D eigenvalue weighted by molar-refractivity contribution is 7.89. The van der Waals surface area contributed by atoms with Crippen molar-refractivity contribution < 1.29 is 13.2 Å². The van der Waals surface area contributed by atoms with Crippen LogP contribution in [0.4, 0.5) is 0 Å². The van der Waals surface area contributed by atoms with E-state index in [-0.39, 0.29) is 17.9 Å². The monoisotopic (exact) mass is 479 g/mol. The van der Waals surface area contributed by atoms with E-state index in [1.807, 2.05) is 30.3 Å². The Balaban J connectivity index is 1.59. The third kappa shape index (κ3) is 5.76. The van der Waals surface area contributed by atoms with Gasteiger partial charge in [-0.3, -0.25) is 9.78 Å². The zero-order valence-corrected chi connectivity index (χ0v) is 19.2.